The Kier molecular flexibility index (Phi) is 8.01. The molecule has 0 radical (unpaired) electrons. The van der Waals surface area contributed by atoms with Crippen LogP contribution < -0.4 is 4.74 Å². The lowest BCUT2D eigenvalue weighted by Crippen LogP contribution is -2.24. The maximum atomic E-state index is 5.42. The molecule has 0 N–H and O–H groups in total. The van der Waals surface area contributed by atoms with Gasteiger partial charge in [0.1, 0.15) is 5.75 Å². The summed E-state index contributed by atoms with van der Waals surface area (Å²) in [7, 11) is 4.26. The minimum atomic E-state index is 0. The molecule has 1 aromatic rings. The Bertz CT molecular complexity index is 298. The van der Waals surface area contributed by atoms with Gasteiger partial charge in [0.15, 0.2) is 0 Å². The van der Waals surface area contributed by atoms with Crippen molar-refractivity contribution in [1.29, 1.82) is 0 Å². The zero-order chi connectivity index (χ0) is 12.0. The van der Waals surface area contributed by atoms with E-state index in [-0.39, 0.29) is 12.4 Å². The van der Waals surface area contributed by atoms with Gasteiger partial charge < -0.3 is 9.64 Å². The van der Waals surface area contributed by atoms with Crippen molar-refractivity contribution in [3.8, 4) is 5.75 Å². The van der Waals surface area contributed by atoms with E-state index in [1.54, 1.807) is 0 Å². The van der Waals surface area contributed by atoms with Crippen molar-refractivity contribution in [2.24, 2.45) is 0 Å². The van der Waals surface area contributed by atoms with Crippen molar-refractivity contribution < 1.29 is 4.74 Å². The summed E-state index contributed by atoms with van der Waals surface area (Å²) in [4.78, 5) is 2.26. The Morgan fingerprint density at radius 3 is 2.24 bits per heavy atom. The SMILES string of the molecule is CCOc1ccc(CCC(C)N(C)C)cc1.Cl. The summed E-state index contributed by atoms with van der Waals surface area (Å²) < 4.78 is 5.42. The molecule has 0 aromatic heterocycles. The van der Waals surface area contributed by atoms with E-state index in [1.165, 1.54) is 12.0 Å². The van der Waals surface area contributed by atoms with Crippen LogP contribution >= 0.6 is 12.4 Å². The van der Waals surface area contributed by atoms with Gasteiger partial charge in [0.05, 0.1) is 6.61 Å². The van der Waals surface area contributed by atoms with Gasteiger partial charge in [0.2, 0.25) is 0 Å². The number of halogens is 1. The standard InChI is InChI=1S/C14H23NO.ClH/c1-5-16-14-10-8-13(9-11-14)7-6-12(2)15(3)4;/h8-12H,5-7H2,1-4H3;1H. The van der Waals surface area contributed by atoms with Crippen LogP contribution in [0.15, 0.2) is 24.3 Å². The molecule has 3 heteroatoms. The molecule has 0 aliphatic rings. The predicted molar refractivity (Wildman–Crippen MR) is 76.3 cm³/mol. The largest absolute Gasteiger partial charge is 0.494 e. The van der Waals surface area contributed by atoms with Crippen LogP contribution in [0.5, 0.6) is 5.75 Å². The van der Waals surface area contributed by atoms with E-state index in [4.69, 9.17) is 4.74 Å². The van der Waals surface area contributed by atoms with Crippen molar-refractivity contribution in [2.45, 2.75) is 32.7 Å². The maximum absolute atomic E-state index is 5.42. The Morgan fingerprint density at radius 1 is 1.18 bits per heavy atom. The number of hydrogen-bond donors (Lipinski definition) is 0. The van der Waals surface area contributed by atoms with Gasteiger partial charge >= 0.3 is 0 Å². The lowest BCUT2D eigenvalue weighted by Gasteiger charge is -2.19. The lowest BCUT2D eigenvalue weighted by molar-refractivity contribution is 0.299. The molecule has 0 aliphatic carbocycles. The fourth-order valence-corrected chi connectivity index (χ4v) is 1.55. The molecule has 0 aliphatic heterocycles. The topological polar surface area (TPSA) is 12.5 Å². The van der Waals surface area contributed by atoms with Crippen LogP contribution in [-0.2, 0) is 6.42 Å². The Labute approximate surface area is 111 Å². The van der Waals surface area contributed by atoms with Crippen molar-refractivity contribution in [3.05, 3.63) is 29.8 Å². The third kappa shape index (κ3) is 5.94. The fourth-order valence-electron chi connectivity index (χ4n) is 1.55. The van der Waals surface area contributed by atoms with Crippen molar-refractivity contribution in [3.63, 3.8) is 0 Å². The van der Waals surface area contributed by atoms with Crippen molar-refractivity contribution >= 4 is 12.4 Å². The molecule has 1 atom stereocenters. The van der Waals surface area contributed by atoms with Gasteiger partial charge in [0.25, 0.3) is 0 Å². The average Bonchev–Trinajstić information content (AvgIpc) is 2.28. The summed E-state index contributed by atoms with van der Waals surface area (Å²) in [6.07, 6.45) is 2.33. The van der Waals surface area contributed by atoms with Crippen LogP contribution in [0, 0.1) is 0 Å². The van der Waals surface area contributed by atoms with E-state index in [9.17, 15) is 0 Å². The van der Waals surface area contributed by atoms with Crippen molar-refractivity contribution in [2.75, 3.05) is 20.7 Å². The number of nitrogens with zero attached hydrogens (tertiary/aromatic N) is 1. The van der Waals surface area contributed by atoms with Gasteiger partial charge in [-0.1, -0.05) is 12.1 Å². The molecule has 98 valence electrons. The number of rotatable bonds is 6. The molecule has 0 heterocycles. The minimum absolute atomic E-state index is 0. The summed E-state index contributed by atoms with van der Waals surface area (Å²) in [5.41, 5.74) is 1.39. The van der Waals surface area contributed by atoms with Crippen LogP contribution in [0.1, 0.15) is 25.8 Å². The highest BCUT2D eigenvalue weighted by molar-refractivity contribution is 5.85. The molecule has 2 nitrogen and oxygen atoms in total. The van der Waals surface area contributed by atoms with Crippen LogP contribution in [0.3, 0.4) is 0 Å². The maximum Gasteiger partial charge on any atom is 0.119 e. The first-order valence-electron chi connectivity index (χ1n) is 6.01. The molecule has 0 saturated carbocycles. The van der Waals surface area contributed by atoms with Gasteiger partial charge in [0, 0.05) is 6.04 Å². The monoisotopic (exact) mass is 257 g/mol. The quantitative estimate of drug-likeness (QED) is 0.775. The fraction of sp³-hybridized carbons (Fsp3) is 0.571. The minimum Gasteiger partial charge on any atom is -0.494 e. The smallest absolute Gasteiger partial charge is 0.119 e. The lowest BCUT2D eigenvalue weighted by atomic mass is 10.1. The van der Waals surface area contributed by atoms with E-state index in [1.807, 2.05) is 6.92 Å². The molecule has 0 amide bonds. The number of benzene rings is 1. The van der Waals surface area contributed by atoms with Gasteiger partial charge in [-0.25, -0.2) is 0 Å². The Balaban J connectivity index is 0.00000256. The highest BCUT2D eigenvalue weighted by atomic mass is 35.5. The number of hydrogen-bond acceptors (Lipinski definition) is 2. The first-order chi connectivity index (χ1) is 7.63. The van der Waals surface area contributed by atoms with E-state index in [0.29, 0.717) is 6.04 Å². The number of aryl methyl sites for hydroxylation is 1. The zero-order valence-corrected chi connectivity index (χ0v) is 12.1. The van der Waals surface area contributed by atoms with E-state index >= 15 is 0 Å². The average molecular weight is 258 g/mol. The van der Waals surface area contributed by atoms with Crippen LogP contribution in [0.2, 0.25) is 0 Å². The molecule has 0 bridgehead atoms. The predicted octanol–water partition coefficient (Wildman–Crippen LogP) is 3.39. The van der Waals surface area contributed by atoms with Crippen LogP contribution in [-0.4, -0.2) is 31.6 Å². The second kappa shape index (κ2) is 8.37. The molecule has 1 aromatic carbocycles. The van der Waals surface area contributed by atoms with Crippen molar-refractivity contribution in [1.82, 2.24) is 4.90 Å². The third-order valence-electron chi connectivity index (χ3n) is 2.97. The van der Waals surface area contributed by atoms with E-state index in [0.717, 1.165) is 18.8 Å². The van der Waals surface area contributed by atoms with Crippen LogP contribution in [0.4, 0.5) is 0 Å². The summed E-state index contributed by atoms with van der Waals surface area (Å²) in [5, 5.41) is 0. The van der Waals surface area contributed by atoms with Gasteiger partial charge in [-0.3, -0.25) is 0 Å². The molecule has 0 fully saturated rings. The van der Waals surface area contributed by atoms with Gasteiger partial charge in [-0.05, 0) is 58.5 Å². The zero-order valence-electron chi connectivity index (χ0n) is 11.3. The van der Waals surface area contributed by atoms with Gasteiger partial charge in [-0.15, -0.1) is 12.4 Å². The Morgan fingerprint density at radius 2 is 1.76 bits per heavy atom. The first kappa shape index (κ1) is 16.3. The molecule has 17 heavy (non-hydrogen) atoms. The third-order valence-corrected chi connectivity index (χ3v) is 2.97. The highest BCUT2D eigenvalue weighted by Crippen LogP contribution is 2.14. The summed E-state index contributed by atoms with van der Waals surface area (Å²) >= 11 is 0. The van der Waals surface area contributed by atoms with Crippen LogP contribution in [0.25, 0.3) is 0 Å². The molecule has 0 saturated heterocycles. The summed E-state index contributed by atoms with van der Waals surface area (Å²) in [5.74, 6) is 0.965. The second-order valence-electron chi connectivity index (χ2n) is 4.43. The first-order valence-corrected chi connectivity index (χ1v) is 6.01. The Hall–Kier alpha value is -0.730. The molecular weight excluding hydrogens is 234 g/mol. The molecular formula is C14H24ClNO. The second-order valence-corrected chi connectivity index (χ2v) is 4.43. The summed E-state index contributed by atoms with van der Waals surface area (Å²) in [6, 6.07) is 9.06. The molecule has 1 unspecified atom stereocenters. The van der Waals surface area contributed by atoms with E-state index < -0.39 is 0 Å². The number of ether oxygens (including phenoxy) is 1. The molecule has 1 rings (SSSR count). The molecule has 0 spiro atoms. The normalized spacial score (nSPS) is 12.1. The summed E-state index contributed by atoms with van der Waals surface area (Å²) in [6.45, 7) is 5.00. The van der Waals surface area contributed by atoms with Gasteiger partial charge in [-0.2, -0.15) is 0 Å². The highest BCUT2D eigenvalue weighted by Gasteiger charge is 2.04. The van der Waals surface area contributed by atoms with E-state index in [2.05, 4.69) is 50.2 Å².